The summed E-state index contributed by atoms with van der Waals surface area (Å²) < 4.78 is 72.5. The molecule has 5 heteroatoms. The van der Waals surface area contributed by atoms with E-state index < -0.39 is 41.0 Å². The standard InChI is InChI=1S/C7H5BrF3N/c1-4-2-6(7(9,10)11)12-3-5(4)8/h2-3H,1H3/i1D3,2D,3D. The summed E-state index contributed by atoms with van der Waals surface area (Å²) in [5.41, 5.74) is -2.53. The van der Waals surface area contributed by atoms with E-state index in [2.05, 4.69) is 20.9 Å². The fraction of sp³-hybridized carbons (Fsp3) is 0.286. The van der Waals surface area contributed by atoms with Crippen molar-refractivity contribution in [3.63, 3.8) is 0 Å². The molecule has 1 aromatic rings. The van der Waals surface area contributed by atoms with E-state index in [1.165, 1.54) is 0 Å². The third-order valence-electron chi connectivity index (χ3n) is 0.997. The number of hydrogen-bond acceptors (Lipinski definition) is 1. The van der Waals surface area contributed by atoms with Crippen molar-refractivity contribution in [3.05, 3.63) is 27.9 Å². The highest BCUT2D eigenvalue weighted by molar-refractivity contribution is 9.10. The van der Waals surface area contributed by atoms with Crippen LogP contribution in [-0.2, 0) is 6.18 Å². The van der Waals surface area contributed by atoms with Crippen LogP contribution in [0, 0.1) is 6.85 Å². The highest BCUT2D eigenvalue weighted by Gasteiger charge is 2.32. The quantitative estimate of drug-likeness (QED) is 0.684. The summed E-state index contributed by atoms with van der Waals surface area (Å²) in [6, 6.07) is -1.24. The zero-order chi connectivity index (χ0) is 13.6. The molecule has 0 saturated heterocycles. The van der Waals surface area contributed by atoms with Gasteiger partial charge in [-0.3, -0.25) is 4.98 Å². The molecule has 0 fully saturated rings. The summed E-state index contributed by atoms with van der Waals surface area (Å²) in [4.78, 5) is 2.87. The van der Waals surface area contributed by atoms with Crippen LogP contribution in [-0.4, -0.2) is 4.98 Å². The van der Waals surface area contributed by atoms with E-state index in [1.807, 2.05) is 0 Å². The Hall–Kier alpha value is -0.580. The second-order valence-corrected chi connectivity index (χ2v) is 2.68. The minimum absolute atomic E-state index is 0.421. The molecule has 1 nitrogen and oxygen atoms in total. The zero-order valence-corrected chi connectivity index (χ0v) is 7.05. The molecule has 0 saturated carbocycles. The summed E-state index contributed by atoms with van der Waals surface area (Å²) in [6.45, 7) is -2.92. The number of alkyl halides is 3. The molecule has 66 valence electrons. The Kier molecular flexibility index (Phi) is 1.17. The van der Waals surface area contributed by atoms with Gasteiger partial charge in [-0.2, -0.15) is 13.2 Å². The monoisotopic (exact) mass is 244 g/mol. The second-order valence-electron chi connectivity index (χ2n) is 1.88. The number of pyridine rings is 1. The molecule has 0 atom stereocenters. The van der Waals surface area contributed by atoms with Gasteiger partial charge in [0.15, 0.2) is 0 Å². The molecule has 0 aliphatic heterocycles. The first kappa shape index (κ1) is 4.60. The lowest BCUT2D eigenvalue weighted by molar-refractivity contribution is -0.141. The molecule has 0 aliphatic rings. The lowest BCUT2D eigenvalue weighted by Gasteiger charge is -2.06. The number of halogens is 4. The lowest BCUT2D eigenvalue weighted by atomic mass is 10.2. The molecule has 0 unspecified atom stereocenters. The largest absolute Gasteiger partial charge is 0.433 e. The van der Waals surface area contributed by atoms with Crippen molar-refractivity contribution in [1.29, 1.82) is 0 Å². The van der Waals surface area contributed by atoms with E-state index >= 15 is 0 Å². The maximum absolute atomic E-state index is 12.5. The van der Waals surface area contributed by atoms with Crippen LogP contribution in [0.2, 0.25) is 0 Å². The molecule has 0 aliphatic carbocycles. The van der Waals surface area contributed by atoms with E-state index in [-0.39, 0.29) is 0 Å². The van der Waals surface area contributed by atoms with Gasteiger partial charge in [-0.1, -0.05) is 0 Å². The topological polar surface area (TPSA) is 12.9 Å². The molecule has 0 bridgehead atoms. The minimum atomic E-state index is -4.96. The Morgan fingerprint density at radius 1 is 1.67 bits per heavy atom. The van der Waals surface area contributed by atoms with Gasteiger partial charge in [-0.05, 0) is 34.4 Å². The Labute approximate surface area is 82.8 Å². The van der Waals surface area contributed by atoms with Gasteiger partial charge in [-0.25, -0.2) is 0 Å². The highest BCUT2D eigenvalue weighted by Crippen LogP contribution is 2.29. The van der Waals surface area contributed by atoms with Crippen molar-refractivity contribution in [2.24, 2.45) is 0 Å². The molecule has 0 N–H and O–H groups in total. The smallest absolute Gasteiger partial charge is 0.251 e. The Morgan fingerprint density at radius 3 is 2.83 bits per heavy atom. The number of rotatable bonds is 0. The van der Waals surface area contributed by atoms with Gasteiger partial charge in [0.25, 0.3) is 0 Å². The summed E-state index contributed by atoms with van der Waals surface area (Å²) in [5, 5.41) is 0. The predicted molar refractivity (Wildman–Crippen MR) is 41.7 cm³/mol. The molecule has 1 heterocycles. The molecular formula is C7H5BrF3N. The van der Waals surface area contributed by atoms with Crippen molar-refractivity contribution in [2.45, 2.75) is 13.0 Å². The molecule has 0 aromatic carbocycles. The Morgan fingerprint density at radius 2 is 2.33 bits per heavy atom. The first-order chi connectivity index (χ1) is 7.46. The van der Waals surface area contributed by atoms with Crippen LogP contribution >= 0.6 is 15.9 Å². The van der Waals surface area contributed by atoms with Crippen molar-refractivity contribution >= 4 is 15.9 Å². The third-order valence-corrected chi connectivity index (χ3v) is 1.57. The van der Waals surface area contributed by atoms with Crippen LogP contribution in [0.1, 0.15) is 18.1 Å². The van der Waals surface area contributed by atoms with Crippen molar-refractivity contribution in [3.8, 4) is 0 Å². The highest BCUT2D eigenvalue weighted by atomic mass is 79.9. The van der Waals surface area contributed by atoms with Gasteiger partial charge < -0.3 is 0 Å². The van der Waals surface area contributed by atoms with E-state index in [1.54, 1.807) is 0 Å². The fourth-order valence-electron chi connectivity index (χ4n) is 0.496. The normalized spacial score (nSPS) is 18.8. The van der Waals surface area contributed by atoms with Crippen LogP contribution in [0.15, 0.2) is 16.7 Å². The number of hydrogen-bond donors (Lipinski definition) is 0. The molecule has 0 amide bonds. The average molecular weight is 245 g/mol. The van der Waals surface area contributed by atoms with Crippen molar-refractivity contribution < 1.29 is 20.0 Å². The Bertz CT molecular complexity index is 456. The lowest BCUT2D eigenvalue weighted by Crippen LogP contribution is -2.07. The van der Waals surface area contributed by atoms with E-state index in [0.29, 0.717) is 0 Å². The van der Waals surface area contributed by atoms with Crippen LogP contribution in [0.25, 0.3) is 0 Å². The first-order valence-electron chi connectivity index (χ1n) is 5.20. The minimum Gasteiger partial charge on any atom is -0.251 e. The summed E-state index contributed by atoms with van der Waals surface area (Å²) in [5.74, 6) is 0. The van der Waals surface area contributed by atoms with Gasteiger partial charge in [0.1, 0.15) is 5.69 Å². The number of aromatic nitrogens is 1. The van der Waals surface area contributed by atoms with E-state index in [4.69, 9.17) is 6.85 Å². The van der Waals surface area contributed by atoms with E-state index in [0.717, 1.165) is 0 Å². The average Bonchev–Trinajstić information content (AvgIpc) is 2.07. The Balaban J connectivity index is 3.67. The van der Waals surface area contributed by atoms with Crippen LogP contribution < -0.4 is 0 Å². The van der Waals surface area contributed by atoms with Crippen molar-refractivity contribution in [2.75, 3.05) is 0 Å². The van der Waals surface area contributed by atoms with Crippen LogP contribution in [0.5, 0.6) is 0 Å². The maximum Gasteiger partial charge on any atom is 0.433 e. The zero-order valence-electron chi connectivity index (χ0n) is 10.5. The SMILES string of the molecule is [2H]c1nc(C(F)(F)F)c([2H])c(C([2H])([2H])[2H])c1Br. The van der Waals surface area contributed by atoms with Crippen molar-refractivity contribution in [1.82, 2.24) is 4.98 Å². The summed E-state index contributed by atoms with van der Waals surface area (Å²) in [6.07, 6.45) is -5.83. The summed E-state index contributed by atoms with van der Waals surface area (Å²) >= 11 is 2.67. The van der Waals surface area contributed by atoms with Crippen LogP contribution in [0.3, 0.4) is 0 Å². The molecule has 0 spiro atoms. The summed E-state index contributed by atoms with van der Waals surface area (Å²) in [7, 11) is 0. The van der Waals surface area contributed by atoms with Gasteiger partial charge in [-0.15, -0.1) is 0 Å². The van der Waals surface area contributed by atoms with E-state index in [9.17, 15) is 13.2 Å². The molecule has 1 aromatic heterocycles. The fourth-order valence-corrected chi connectivity index (χ4v) is 0.684. The van der Waals surface area contributed by atoms with Gasteiger partial charge in [0, 0.05) is 14.8 Å². The molecular weight excluding hydrogens is 235 g/mol. The third kappa shape index (κ3) is 1.97. The van der Waals surface area contributed by atoms with Crippen LogP contribution in [0.4, 0.5) is 13.2 Å². The maximum atomic E-state index is 12.5. The number of nitrogens with zero attached hydrogens (tertiary/aromatic N) is 1. The second kappa shape index (κ2) is 3.05. The predicted octanol–water partition coefficient (Wildman–Crippen LogP) is 3.17. The van der Waals surface area contributed by atoms with Gasteiger partial charge in [0.05, 0.1) is 2.74 Å². The molecule has 0 radical (unpaired) electrons. The molecule has 1 rings (SSSR count). The van der Waals surface area contributed by atoms with Gasteiger partial charge in [0.2, 0.25) is 0 Å². The molecule has 12 heavy (non-hydrogen) atoms. The first-order valence-corrected chi connectivity index (χ1v) is 3.50. The van der Waals surface area contributed by atoms with Gasteiger partial charge >= 0.3 is 6.18 Å².